The average molecular weight is 436 g/mol. The maximum Gasteiger partial charge on any atom is 0.246 e. The van der Waals surface area contributed by atoms with Crippen LogP contribution in [0.15, 0.2) is 40.6 Å². The molecule has 0 amide bonds. The van der Waals surface area contributed by atoms with Gasteiger partial charge in [-0.2, -0.15) is 4.31 Å². The van der Waals surface area contributed by atoms with Crippen molar-refractivity contribution < 1.29 is 21.6 Å². The van der Waals surface area contributed by atoms with E-state index in [2.05, 4.69) is 0 Å². The number of halogens is 1. The van der Waals surface area contributed by atoms with Crippen LogP contribution in [0.25, 0.3) is 0 Å². The molecule has 10 heteroatoms. The average Bonchev–Trinajstić information content (AvgIpc) is 3.05. The van der Waals surface area contributed by atoms with E-state index in [-0.39, 0.29) is 40.9 Å². The Kier molecular flexibility index (Phi) is 5.64. The maximum atomic E-state index is 13.1. The molecule has 1 fully saturated rings. The first-order valence-corrected chi connectivity index (χ1v) is 12.3. The quantitative estimate of drug-likeness (QED) is 0.737. The number of methoxy groups -OCH3 is 1. The van der Waals surface area contributed by atoms with Crippen LogP contribution in [0.3, 0.4) is 0 Å². The van der Waals surface area contributed by atoms with Crippen molar-refractivity contribution in [1.82, 2.24) is 4.31 Å². The maximum absolute atomic E-state index is 13.1. The number of rotatable bonds is 4. The first-order valence-electron chi connectivity index (χ1n) is 7.84. The molecule has 1 saturated heterocycles. The first kappa shape index (κ1) is 19.6. The van der Waals surface area contributed by atoms with Gasteiger partial charge in [0.2, 0.25) is 10.0 Å². The molecule has 0 radical (unpaired) electrons. The highest BCUT2D eigenvalue weighted by molar-refractivity contribution is 7.92. The summed E-state index contributed by atoms with van der Waals surface area (Å²) < 4.78 is 57.7. The van der Waals surface area contributed by atoms with E-state index in [9.17, 15) is 16.8 Å². The Labute approximate surface area is 162 Å². The number of benzene rings is 1. The zero-order chi connectivity index (χ0) is 18.9. The minimum Gasteiger partial charge on any atom is -0.495 e. The molecule has 0 saturated carbocycles. The molecule has 1 atom stereocenters. The highest BCUT2D eigenvalue weighted by atomic mass is 35.5. The first-order chi connectivity index (χ1) is 12.3. The number of sulfone groups is 1. The summed E-state index contributed by atoms with van der Waals surface area (Å²) in [5.41, 5.74) is 0. The molecule has 0 aliphatic carbocycles. The van der Waals surface area contributed by atoms with Crippen molar-refractivity contribution in [2.24, 2.45) is 0 Å². The zero-order valence-corrected chi connectivity index (χ0v) is 17.2. The summed E-state index contributed by atoms with van der Waals surface area (Å²) in [5, 5.41) is 1.41. The van der Waals surface area contributed by atoms with Gasteiger partial charge in [-0.05, 0) is 36.1 Å². The molecule has 1 aliphatic rings. The Morgan fingerprint density at radius 3 is 2.69 bits per heavy atom. The Morgan fingerprint density at radius 1 is 1.27 bits per heavy atom. The second kappa shape index (κ2) is 7.47. The van der Waals surface area contributed by atoms with E-state index in [1.807, 2.05) is 5.38 Å². The lowest BCUT2D eigenvalue weighted by atomic mass is 10.2. The molecule has 2 aromatic rings. The van der Waals surface area contributed by atoms with Gasteiger partial charge in [0.05, 0.1) is 18.1 Å². The highest BCUT2D eigenvalue weighted by Crippen LogP contribution is 2.35. The van der Waals surface area contributed by atoms with Gasteiger partial charge in [0, 0.05) is 23.0 Å². The van der Waals surface area contributed by atoms with E-state index in [0.29, 0.717) is 0 Å². The van der Waals surface area contributed by atoms with E-state index in [1.165, 1.54) is 34.9 Å². The van der Waals surface area contributed by atoms with Crippen LogP contribution in [0, 0.1) is 0 Å². The predicted octanol–water partition coefficient (Wildman–Crippen LogP) is 2.96. The number of hydrogen-bond donors (Lipinski definition) is 0. The van der Waals surface area contributed by atoms with Crippen LogP contribution in [0.1, 0.15) is 16.5 Å². The largest absolute Gasteiger partial charge is 0.495 e. The summed E-state index contributed by atoms with van der Waals surface area (Å²) in [6.45, 7) is 0.0159. The molecule has 3 rings (SSSR count). The molecule has 1 aliphatic heterocycles. The third-order valence-corrected chi connectivity index (χ3v) is 9.70. The van der Waals surface area contributed by atoms with E-state index in [1.54, 1.807) is 18.2 Å². The van der Waals surface area contributed by atoms with Gasteiger partial charge in [-0.25, -0.2) is 16.8 Å². The standard InChI is InChI=1S/C16H18ClNO5S3/c1-23-13-5-4-12(17)11-16(13)26(21,22)18-7-6-15(14-3-2-9-24-14)25(19,20)10-8-18/h2-5,9,11,15H,6-8,10H2,1H3. The number of hydrogen-bond acceptors (Lipinski definition) is 6. The number of ether oxygens (including phenoxy) is 1. The number of thiophene rings is 1. The van der Waals surface area contributed by atoms with Gasteiger partial charge in [0.1, 0.15) is 10.6 Å². The minimum absolute atomic E-state index is 0.0560. The Hall–Kier alpha value is -1.13. The molecular formula is C16H18ClNO5S3. The molecule has 0 spiro atoms. The fourth-order valence-electron chi connectivity index (χ4n) is 2.95. The molecule has 0 bridgehead atoms. The van der Waals surface area contributed by atoms with Crippen molar-refractivity contribution in [1.29, 1.82) is 0 Å². The SMILES string of the molecule is COc1ccc(Cl)cc1S(=O)(=O)N1CCC(c2cccs2)S(=O)(=O)CC1. The lowest BCUT2D eigenvalue weighted by Crippen LogP contribution is -2.33. The molecule has 142 valence electrons. The second-order valence-electron chi connectivity index (χ2n) is 5.86. The monoisotopic (exact) mass is 435 g/mol. The third kappa shape index (κ3) is 3.77. The van der Waals surface area contributed by atoms with Crippen LogP contribution in [0.2, 0.25) is 5.02 Å². The summed E-state index contributed by atoms with van der Waals surface area (Å²) in [5.74, 6) is -0.0474. The lowest BCUT2D eigenvalue weighted by molar-refractivity contribution is 0.393. The smallest absolute Gasteiger partial charge is 0.246 e. The predicted molar refractivity (Wildman–Crippen MR) is 102 cm³/mol. The molecule has 1 unspecified atom stereocenters. The van der Waals surface area contributed by atoms with E-state index < -0.39 is 25.1 Å². The van der Waals surface area contributed by atoms with E-state index in [0.717, 1.165) is 4.88 Å². The number of nitrogens with zero attached hydrogens (tertiary/aromatic N) is 1. The van der Waals surface area contributed by atoms with Crippen molar-refractivity contribution in [2.45, 2.75) is 16.6 Å². The van der Waals surface area contributed by atoms with E-state index >= 15 is 0 Å². The fraction of sp³-hybridized carbons (Fsp3) is 0.375. The van der Waals surface area contributed by atoms with Gasteiger partial charge in [-0.3, -0.25) is 0 Å². The molecule has 1 aromatic carbocycles. The van der Waals surface area contributed by atoms with Gasteiger partial charge in [-0.15, -0.1) is 11.3 Å². The van der Waals surface area contributed by atoms with Crippen LogP contribution in [-0.4, -0.2) is 47.1 Å². The topological polar surface area (TPSA) is 80.8 Å². The lowest BCUT2D eigenvalue weighted by Gasteiger charge is -2.21. The van der Waals surface area contributed by atoms with Gasteiger partial charge >= 0.3 is 0 Å². The second-order valence-corrected chi connectivity index (χ2v) is 11.5. The van der Waals surface area contributed by atoms with Crippen molar-refractivity contribution in [3.63, 3.8) is 0 Å². The molecule has 0 N–H and O–H groups in total. The van der Waals surface area contributed by atoms with Crippen LogP contribution in [0.5, 0.6) is 5.75 Å². The normalized spacial score (nSPS) is 21.2. The summed E-state index contributed by atoms with van der Waals surface area (Å²) in [7, 11) is -5.99. The van der Waals surface area contributed by atoms with Gasteiger partial charge in [-0.1, -0.05) is 17.7 Å². The summed E-state index contributed by atoms with van der Waals surface area (Å²) in [4.78, 5) is 0.684. The van der Waals surface area contributed by atoms with Crippen molar-refractivity contribution in [3.05, 3.63) is 45.6 Å². The summed E-state index contributed by atoms with van der Waals surface area (Å²) >= 11 is 7.32. The van der Waals surface area contributed by atoms with Crippen LogP contribution >= 0.6 is 22.9 Å². The summed E-state index contributed by atoms with van der Waals surface area (Å²) in [6.07, 6.45) is 0.213. The molecule has 2 heterocycles. The molecular weight excluding hydrogens is 418 g/mol. The van der Waals surface area contributed by atoms with Gasteiger partial charge in [0.15, 0.2) is 9.84 Å². The zero-order valence-electron chi connectivity index (χ0n) is 14.0. The van der Waals surface area contributed by atoms with E-state index in [4.69, 9.17) is 16.3 Å². The van der Waals surface area contributed by atoms with Crippen LogP contribution in [0.4, 0.5) is 0 Å². The van der Waals surface area contributed by atoms with Gasteiger partial charge < -0.3 is 4.74 Å². The Balaban J connectivity index is 1.95. The van der Waals surface area contributed by atoms with Crippen LogP contribution in [-0.2, 0) is 19.9 Å². The molecule has 26 heavy (non-hydrogen) atoms. The minimum atomic E-state index is -3.93. The molecule has 6 nitrogen and oxygen atoms in total. The highest BCUT2D eigenvalue weighted by Gasteiger charge is 2.37. The fourth-order valence-corrected chi connectivity index (χ4v) is 7.94. The Bertz CT molecular complexity index is 987. The van der Waals surface area contributed by atoms with Crippen LogP contribution < -0.4 is 4.74 Å². The van der Waals surface area contributed by atoms with Crippen molar-refractivity contribution >= 4 is 42.8 Å². The molecule has 1 aromatic heterocycles. The van der Waals surface area contributed by atoms with Crippen molar-refractivity contribution in [3.8, 4) is 5.75 Å². The third-order valence-electron chi connectivity index (χ3n) is 4.30. The summed E-state index contributed by atoms with van der Waals surface area (Å²) in [6, 6.07) is 7.92. The number of sulfonamides is 1. The van der Waals surface area contributed by atoms with Crippen molar-refractivity contribution in [2.75, 3.05) is 26.0 Å². The van der Waals surface area contributed by atoms with Gasteiger partial charge in [0.25, 0.3) is 0 Å². The Morgan fingerprint density at radius 2 is 2.04 bits per heavy atom.